The fourth-order valence-electron chi connectivity index (χ4n) is 4.33. The predicted octanol–water partition coefficient (Wildman–Crippen LogP) is 3.79. The molecule has 25 heavy (non-hydrogen) atoms. The van der Waals surface area contributed by atoms with E-state index in [0.29, 0.717) is 17.7 Å². The highest BCUT2D eigenvalue weighted by atomic mass is 16.2. The molecule has 1 aliphatic heterocycles. The summed E-state index contributed by atoms with van der Waals surface area (Å²) in [7, 11) is 0. The van der Waals surface area contributed by atoms with Crippen LogP contribution in [0.5, 0.6) is 0 Å². The predicted molar refractivity (Wildman–Crippen MR) is 102 cm³/mol. The third-order valence-corrected chi connectivity index (χ3v) is 5.63. The summed E-state index contributed by atoms with van der Waals surface area (Å²) >= 11 is 0. The van der Waals surface area contributed by atoms with Gasteiger partial charge in [-0.2, -0.15) is 0 Å². The number of rotatable bonds is 3. The number of nitrogens with one attached hydrogen (secondary N) is 1. The Kier molecular flexibility index (Phi) is 6.35. The number of hydrogen-bond donors (Lipinski definition) is 1. The first-order valence-corrected chi connectivity index (χ1v) is 10.1. The second-order valence-corrected chi connectivity index (χ2v) is 10.2. The quantitative estimate of drug-likeness (QED) is 0.842. The molecule has 0 atom stereocenters. The molecule has 0 aromatic carbocycles. The first-order chi connectivity index (χ1) is 11.5. The molecule has 2 aliphatic rings. The first kappa shape index (κ1) is 20.4. The average Bonchev–Trinajstić information content (AvgIpc) is 2.52. The summed E-state index contributed by atoms with van der Waals surface area (Å²) < 4.78 is 0. The van der Waals surface area contributed by atoms with Gasteiger partial charge in [-0.25, -0.2) is 0 Å². The molecule has 144 valence electrons. The van der Waals surface area contributed by atoms with Crippen molar-refractivity contribution >= 4 is 11.7 Å². The number of amides is 1. The Bertz CT molecular complexity index is 471. The van der Waals surface area contributed by atoms with Gasteiger partial charge < -0.3 is 10.2 Å². The van der Waals surface area contributed by atoms with E-state index in [-0.39, 0.29) is 22.8 Å². The van der Waals surface area contributed by atoms with E-state index in [4.69, 9.17) is 0 Å². The summed E-state index contributed by atoms with van der Waals surface area (Å²) in [5, 5.41) is 3.65. The van der Waals surface area contributed by atoms with Crippen molar-refractivity contribution < 1.29 is 9.59 Å². The van der Waals surface area contributed by atoms with Crippen molar-refractivity contribution in [3.05, 3.63) is 0 Å². The van der Waals surface area contributed by atoms with Gasteiger partial charge in [-0.3, -0.25) is 9.59 Å². The normalized spacial score (nSPS) is 26.6. The molecule has 0 bridgehead atoms. The highest BCUT2D eigenvalue weighted by molar-refractivity contribution is 5.86. The van der Waals surface area contributed by atoms with Crippen molar-refractivity contribution in [1.29, 1.82) is 0 Å². The van der Waals surface area contributed by atoms with E-state index in [2.05, 4.69) is 31.0 Å². The molecule has 0 aromatic heterocycles. The van der Waals surface area contributed by atoms with Crippen molar-refractivity contribution in [3.63, 3.8) is 0 Å². The number of Topliss-reactive ketones (excluding diaryl/α,β-unsaturated/α-hetero) is 1. The third-order valence-electron chi connectivity index (χ3n) is 5.63. The second-order valence-electron chi connectivity index (χ2n) is 10.2. The van der Waals surface area contributed by atoms with Gasteiger partial charge >= 0.3 is 0 Å². The van der Waals surface area contributed by atoms with Crippen LogP contribution in [0.1, 0.15) is 80.1 Å². The molecule has 1 saturated carbocycles. The van der Waals surface area contributed by atoms with Crippen LogP contribution in [0.4, 0.5) is 0 Å². The van der Waals surface area contributed by atoms with Crippen LogP contribution < -0.4 is 5.32 Å². The van der Waals surface area contributed by atoms with Crippen LogP contribution >= 0.6 is 0 Å². The fourth-order valence-corrected chi connectivity index (χ4v) is 4.33. The van der Waals surface area contributed by atoms with Crippen LogP contribution in [0.25, 0.3) is 0 Å². The maximum Gasteiger partial charge on any atom is 0.225 e. The number of ketones is 1. The highest BCUT2D eigenvalue weighted by Gasteiger charge is 2.36. The minimum atomic E-state index is -0.260. The van der Waals surface area contributed by atoms with Crippen LogP contribution in [-0.4, -0.2) is 41.3 Å². The molecule has 1 heterocycles. The number of hydrogen-bond acceptors (Lipinski definition) is 3. The molecule has 2 rings (SSSR count). The third kappa shape index (κ3) is 5.80. The van der Waals surface area contributed by atoms with Gasteiger partial charge in [0, 0.05) is 41.9 Å². The monoisotopic (exact) mass is 350 g/mol. The molecule has 4 nitrogen and oxygen atoms in total. The van der Waals surface area contributed by atoms with Gasteiger partial charge in [0.15, 0.2) is 0 Å². The molecule has 0 spiro atoms. The van der Waals surface area contributed by atoms with Crippen LogP contribution in [0.15, 0.2) is 0 Å². The van der Waals surface area contributed by atoms with Crippen molar-refractivity contribution in [2.45, 2.75) is 91.6 Å². The lowest BCUT2D eigenvalue weighted by molar-refractivity contribution is -0.140. The van der Waals surface area contributed by atoms with E-state index in [1.807, 2.05) is 20.8 Å². The molecule has 0 aromatic rings. The Morgan fingerprint density at radius 1 is 0.800 bits per heavy atom. The van der Waals surface area contributed by atoms with Crippen molar-refractivity contribution in [1.82, 2.24) is 10.2 Å². The molecular weight excluding hydrogens is 312 g/mol. The Balaban J connectivity index is 1.79. The minimum Gasteiger partial charge on any atom is -0.342 e. The van der Waals surface area contributed by atoms with E-state index in [1.165, 1.54) is 0 Å². The maximum absolute atomic E-state index is 12.8. The molecule has 0 unspecified atom stereocenters. The zero-order chi connectivity index (χ0) is 18.8. The Morgan fingerprint density at radius 2 is 1.28 bits per heavy atom. The molecule has 1 N–H and O–H groups in total. The van der Waals surface area contributed by atoms with Gasteiger partial charge in [0.05, 0.1) is 0 Å². The molecule has 1 aliphatic carbocycles. The van der Waals surface area contributed by atoms with Gasteiger partial charge in [-0.15, -0.1) is 0 Å². The summed E-state index contributed by atoms with van der Waals surface area (Å²) in [5.41, 5.74) is -0.127. The van der Waals surface area contributed by atoms with Gasteiger partial charge in [0.2, 0.25) is 5.91 Å². The van der Waals surface area contributed by atoms with E-state index in [1.54, 1.807) is 0 Å². The molecule has 4 heteroatoms. The Morgan fingerprint density at radius 3 is 1.72 bits per heavy atom. The Hall–Kier alpha value is -0.900. The van der Waals surface area contributed by atoms with Crippen LogP contribution in [0, 0.1) is 17.3 Å². The summed E-state index contributed by atoms with van der Waals surface area (Å²) in [6.45, 7) is 14.3. The van der Waals surface area contributed by atoms with Crippen LogP contribution in [0.2, 0.25) is 0 Å². The fraction of sp³-hybridized carbons (Fsp3) is 0.905. The van der Waals surface area contributed by atoms with Crippen molar-refractivity contribution in [2.24, 2.45) is 17.3 Å². The SMILES string of the molecule is CC(C)(C)NC1CCN(C(=O)C2CCC(C(=O)C(C)(C)C)CC2)CC1. The summed E-state index contributed by atoms with van der Waals surface area (Å²) in [5.74, 6) is 0.991. The van der Waals surface area contributed by atoms with Gasteiger partial charge in [0.1, 0.15) is 5.78 Å². The number of piperidine rings is 1. The zero-order valence-corrected chi connectivity index (χ0v) is 17.2. The van der Waals surface area contributed by atoms with Crippen molar-refractivity contribution in [3.8, 4) is 0 Å². The zero-order valence-electron chi connectivity index (χ0n) is 17.2. The standard InChI is InChI=1S/C21H38N2O2/c1-20(2,3)18(24)15-7-9-16(10-8-15)19(25)23-13-11-17(12-14-23)22-21(4,5)6/h15-17,22H,7-14H2,1-6H3. The molecule has 1 amide bonds. The highest BCUT2D eigenvalue weighted by Crippen LogP contribution is 2.35. The first-order valence-electron chi connectivity index (χ1n) is 10.1. The molecular formula is C21H38N2O2. The Labute approximate surface area is 154 Å². The van der Waals surface area contributed by atoms with Gasteiger partial charge in [0.25, 0.3) is 0 Å². The smallest absolute Gasteiger partial charge is 0.225 e. The molecule has 2 fully saturated rings. The average molecular weight is 351 g/mol. The van der Waals surface area contributed by atoms with Crippen LogP contribution in [-0.2, 0) is 9.59 Å². The summed E-state index contributed by atoms with van der Waals surface area (Å²) in [4.78, 5) is 27.4. The summed E-state index contributed by atoms with van der Waals surface area (Å²) in [6, 6.07) is 0.518. The molecule has 1 saturated heterocycles. The second kappa shape index (κ2) is 7.77. The number of carbonyl (C=O) groups excluding carboxylic acids is 2. The minimum absolute atomic E-state index is 0.134. The number of carbonyl (C=O) groups is 2. The van der Waals surface area contributed by atoms with Crippen molar-refractivity contribution in [2.75, 3.05) is 13.1 Å². The molecule has 0 radical (unpaired) electrons. The largest absolute Gasteiger partial charge is 0.342 e. The number of nitrogens with zero attached hydrogens (tertiary/aromatic N) is 1. The van der Waals surface area contributed by atoms with E-state index >= 15 is 0 Å². The van der Waals surface area contributed by atoms with Gasteiger partial charge in [-0.05, 0) is 59.3 Å². The van der Waals surface area contributed by atoms with E-state index in [9.17, 15) is 9.59 Å². The van der Waals surface area contributed by atoms with E-state index in [0.717, 1.165) is 51.6 Å². The maximum atomic E-state index is 12.8. The number of likely N-dealkylation sites (tertiary alicyclic amines) is 1. The lowest BCUT2D eigenvalue weighted by Gasteiger charge is -2.39. The van der Waals surface area contributed by atoms with Gasteiger partial charge in [-0.1, -0.05) is 20.8 Å². The lowest BCUT2D eigenvalue weighted by atomic mass is 9.73. The topological polar surface area (TPSA) is 49.4 Å². The van der Waals surface area contributed by atoms with Crippen LogP contribution in [0.3, 0.4) is 0 Å². The van der Waals surface area contributed by atoms with E-state index < -0.39 is 0 Å². The lowest BCUT2D eigenvalue weighted by Crippen LogP contribution is -2.51. The summed E-state index contributed by atoms with van der Waals surface area (Å²) in [6.07, 6.45) is 5.61.